The summed E-state index contributed by atoms with van der Waals surface area (Å²) in [6, 6.07) is 61.1. The molecule has 10 rings (SSSR count). The van der Waals surface area contributed by atoms with Crippen molar-refractivity contribution in [2.45, 2.75) is 0 Å². The van der Waals surface area contributed by atoms with Crippen LogP contribution in [0.5, 0.6) is 0 Å². The average Bonchev–Trinajstić information content (AvgIpc) is 3.59. The molecule has 0 amide bonds. The molecule has 0 unspecified atom stereocenters. The summed E-state index contributed by atoms with van der Waals surface area (Å²) in [5, 5.41) is 6.91. The van der Waals surface area contributed by atoms with E-state index in [1.165, 1.54) is 10.8 Å². The molecule has 0 aliphatic heterocycles. The van der Waals surface area contributed by atoms with Gasteiger partial charge in [-0.3, -0.25) is 0 Å². The number of aromatic nitrogens is 3. The number of benzene rings is 8. The average molecular weight is 652 g/mol. The summed E-state index contributed by atoms with van der Waals surface area (Å²) < 4.78 is 6.28. The summed E-state index contributed by atoms with van der Waals surface area (Å²) >= 11 is 0. The minimum atomic E-state index is 0.642. The van der Waals surface area contributed by atoms with E-state index in [9.17, 15) is 0 Å². The molecular weight excluding hydrogens is 623 g/mol. The van der Waals surface area contributed by atoms with Crippen molar-refractivity contribution in [3.8, 4) is 56.4 Å². The highest BCUT2D eigenvalue weighted by Gasteiger charge is 2.19. The van der Waals surface area contributed by atoms with E-state index >= 15 is 0 Å². The van der Waals surface area contributed by atoms with Crippen LogP contribution in [0.25, 0.3) is 99.9 Å². The molecule has 8 aromatic carbocycles. The van der Waals surface area contributed by atoms with Crippen LogP contribution in [0.2, 0.25) is 0 Å². The van der Waals surface area contributed by atoms with Gasteiger partial charge in [-0.1, -0.05) is 158 Å². The Balaban J connectivity index is 1.13. The van der Waals surface area contributed by atoms with Crippen LogP contribution in [-0.4, -0.2) is 15.0 Å². The molecule has 2 aromatic heterocycles. The summed E-state index contributed by atoms with van der Waals surface area (Å²) in [6.45, 7) is 0. The van der Waals surface area contributed by atoms with Gasteiger partial charge >= 0.3 is 0 Å². The fourth-order valence-corrected chi connectivity index (χ4v) is 7.24. The van der Waals surface area contributed by atoms with Crippen molar-refractivity contribution >= 4 is 43.5 Å². The van der Waals surface area contributed by atoms with Gasteiger partial charge in [-0.05, 0) is 62.0 Å². The third kappa shape index (κ3) is 5.04. The Morgan fingerprint density at radius 3 is 1.57 bits per heavy atom. The predicted molar refractivity (Wildman–Crippen MR) is 209 cm³/mol. The Morgan fingerprint density at radius 1 is 0.333 bits per heavy atom. The number of furan rings is 1. The van der Waals surface area contributed by atoms with Crippen molar-refractivity contribution in [1.82, 2.24) is 15.0 Å². The van der Waals surface area contributed by atoms with Gasteiger partial charge in [0.15, 0.2) is 17.5 Å². The van der Waals surface area contributed by atoms with Crippen LogP contribution in [-0.2, 0) is 0 Å². The third-order valence-corrected chi connectivity index (χ3v) is 9.74. The summed E-state index contributed by atoms with van der Waals surface area (Å²) in [4.78, 5) is 15.2. The van der Waals surface area contributed by atoms with Gasteiger partial charge in [0.25, 0.3) is 0 Å². The smallest absolute Gasteiger partial charge is 0.165 e. The maximum absolute atomic E-state index is 6.28. The van der Waals surface area contributed by atoms with Crippen LogP contribution in [0.1, 0.15) is 0 Å². The number of hydrogen-bond donors (Lipinski definition) is 0. The molecule has 0 spiro atoms. The van der Waals surface area contributed by atoms with E-state index in [1.807, 2.05) is 60.7 Å². The van der Waals surface area contributed by atoms with Crippen LogP contribution in [0.15, 0.2) is 180 Å². The Labute approximate surface area is 294 Å². The Morgan fingerprint density at radius 2 is 0.863 bits per heavy atom. The molecule has 0 bridgehead atoms. The van der Waals surface area contributed by atoms with Crippen LogP contribution in [0.3, 0.4) is 0 Å². The molecule has 0 saturated carbocycles. The molecule has 238 valence electrons. The summed E-state index contributed by atoms with van der Waals surface area (Å²) in [7, 11) is 0. The molecule has 2 heterocycles. The van der Waals surface area contributed by atoms with E-state index in [-0.39, 0.29) is 0 Å². The maximum atomic E-state index is 6.28. The molecule has 4 nitrogen and oxygen atoms in total. The second-order valence-electron chi connectivity index (χ2n) is 12.8. The topological polar surface area (TPSA) is 51.8 Å². The molecule has 0 atom stereocenters. The number of fused-ring (bicyclic) bond motifs is 6. The number of hydrogen-bond acceptors (Lipinski definition) is 4. The number of rotatable bonds is 5. The first-order valence-corrected chi connectivity index (χ1v) is 17.1. The first kappa shape index (κ1) is 29.0. The van der Waals surface area contributed by atoms with Gasteiger partial charge in [-0.25, -0.2) is 15.0 Å². The SMILES string of the molecule is c1ccc(-c2nc(-c3ccccc3)nc(-c3c(-c4ccc(-c5ccc6oc7ccc8ccccc8c7c6c5)cc4)ccc4ccccc34)n2)cc1. The normalized spacial score (nSPS) is 11.5. The fraction of sp³-hybridized carbons (Fsp3) is 0. The molecule has 10 aromatic rings. The summed E-state index contributed by atoms with van der Waals surface area (Å²) in [5.74, 6) is 1.93. The lowest BCUT2D eigenvalue weighted by Gasteiger charge is -2.15. The Hall–Kier alpha value is -6.91. The monoisotopic (exact) mass is 651 g/mol. The largest absolute Gasteiger partial charge is 0.456 e. The molecule has 51 heavy (non-hydrogen) atoms. The molecule has 0 saturated heterocycles. The minimum Gasteiger partial charge on any atom is -0.456 e. The highest BCUT2D eigenvalue weighted by molar-refractivity contribution is 6.19. The highest BCUT2D eigenvalue weighted by atomic mass is 16.3. The van der Waals surface area contributed by atoms with Gasteiger partial charge in [-0.2, -0.15) is 0 Å². The predicted octanol–water partition coefficient (Wildman–Crippen LogP) is 12.4. The lowest BCUT2D eigenvalue weighted by molar-refractivity contribution is 0.669. The first-order chi connectivity index (χ1) is 25.3. The Kier molecular flexibility index (Phi) is 6.78. The van der Waals surface area contributed by atoms with Gasteiger partial charge in [0, 0.05) is 27.5 Å². The second kappa shape index (κ2) is 11.9. The molecule has 4 heteroatoms. The van der Waals surface area contributed by atoms with E-state index in [0.29, 0.717) is 17.5 Å². The van der Waals surface area contributed by atoms with E-state index < -0.39 is 0 Å². The first-order valence-electron chi connectivity index (χ1n) is 17.1. The zero-order chi connectivity index (χ0) is 33.7. The zero-order valence-electron chi connectivity index (χ0n) is 27.5. The quantitative estimate of drug-likeness (QED) is 0.186. The van der Waals surface area contributed by atoms with E-state index in [4.69, 9.17) is 19.4 Å². The molecule has 0 radical (unpaired) electrons. The van der Waals surface area contributed by atoms with Gasteiger partial charge in [-0.15, -0.1) is 0 Å². The van der Waals surface area contributed by atoms with E-state index in [1.54, 1.807) is 0 Å². The van der Waals surface area contributed by atoms with Gasteiger partial charge in [0.2, 0.25) is 0 Å². The van der Waals surface area contributed by atoms with Crippen LogP contribution in [0.4, 0.5) is 0 Å². The van der Waals surface area contributed by atoms with Gasteiger partial charge < -0.3 is 4.42 Å². The van der Waals surface area contributed by atoms with Crippen LogP contribution < -0.4 is 0 Å². The van der Waals surface area contributed by atoms with E-state index in [0.717, 1.165) is 71.7 Å². The van der Waals surface area contributed by atoms with Crippen molar-refractivity contribution < 1.29 is 4.42 Å². The summed E-state index contributed by atoms with van der Waals surface area (Å²) in [6.07, 6.45) is 0. The van der Waals surface area contributed by atoms with Crippen LogP contribution in [0, 0.1) is 0 Å². The van der Waals surface area contributed by atoms with E-state index in [2.05, 4.69) is 115 Å². The third-order valence-electron chi connectivity index (χ3n) is 9.74. The number of nitrogens with zero attached hydrogens (tertiary/aromatic N) is 3. The van der Waals surface area contributed by atoms with Gasteiger partial charge in [0.05, 0.1) is 0 Å². The highest BCUT2D eigenvalue weighted by Crippen LogP contribution is 2.40. The van der Waals surface area contributed by atoms with Crippen molar-refractivity contribution in [2.24, 2.45) is 0 Å². The summed E-state index contributed by atoms with van der Waals surface area (Å²) in [5.41, 5.74) is 9.09. The van der Waals surface area contributed by atoms with Crippen molar-refractivity contribution in [2.75, 3.05) is 0 Å². The van der Waals surface area contributed by atoms with Crippen molar-refractivity contribution in [1.29, 1.82) is 0 Å². The molecule has 0 aliphatic rings. The van der Waals surface area contributed by atoms with Crippen molar-refractivity contribution in [3.05, 3.63) is 176 Å². The van der Waals surface area contributed by atoms with Crippen molar-refractivity contribution in [3.63, 3.8) is 0 Å². The maximum Gasteiger partial charge on any atom is 0.165 e. The Bertz CT molecular complexity index is 2840. The second-order valence-corrected chi connectivity index (χ2v) is 12.8. The zero-order valence-corrected chi connectivity index (χ0v) is 27.5. The molecular formula is C47H29N3O. The molecule has 0 fully saturated rings. The van der Waals surface area contributed by atoms with Crippen LogP contribution >= 0.6 is 0 Å². The molecule has 0 aliphatic carbocycles. The molecule has 0 N–H and O–H groups in total. The standard InChI is InChI=1S/C47H29N3O/c1-3-13-34(14-4-1)45-48-46(35-15-5-2-6-16-35)50-47(49-45)44-38-18-10-8-11-31(38)23-26-39(44)33-21-19-30(20-22-33)36-25-27-41-40(29-36)43-37-17-9-7-12-32(37)24-28-42(43)51-41/h1-29H. The lowest BCUT2D eigenvalue weighted by Crippen LogP contribution is -2.01. The van der Waals surface area contributed by atoms with Gasteiger partial charge in [0.1, 0.15) is 11.2 Å². The minimum absolute atomic E-state index is 0.642. The fourth-order valence-electron chi connectivity index (χ4n) is 7.24. The lowest BCUT2D eigenvalue weighted by atomic mass is 9.92.